The SMILES string of the molecule is CSc1ccc(OC(CNS(=O)(=O)c2ccccc2)C(=O)O)cc1. The summed E-state index contributed by atoms with van der Waals surface area (Å²) in [5, 5.41) is 9.24. The highest BCUT2D eigenvalue weighted by atomic mass is 32.2. The van der Waals surface area contributed by atoms with Crippen molar-refractivity contribution in [1.82, 2.24) is 4.72 Å². The van der Waals surface area contributed by atoms with E-state index in [0.717, 1.165) is 4.90 Å². The van der Waals surface area contributed by atoms with Gasteiger partial charge in [0.15, 0.2) is 0 Å². The molecule has 0 aliphatic heterocycles. The summed E-state index contributed by atoms with van der Waals surface area (Å²) in [6.07, 6.45) is 0.595. The Bertz CT molecular complexity index is 776. The molecule has 0 fully saturated rings. The molecule has 0 amide bonds. The lowest BCUT2D eigenvalue weighted by Gasteiger charge is -2.16. The number of sulfonamides is 1. The molecule has 0 aromatic heterocycles. The van der Waals surface area contributed by atoms with Crippen LogP contribution in [0, 0.1) is 0 Å². The van der Waals surface area contributed by atoms with Crippen LogP contribution in [0.25, 0.3) is 0 Å². The van der Waals surface area contributed by atoms with Crippen molar-refractivity contribution in [3.8, 4) is 5.75 Å². The summed E-state index contributed by atoms with van der Waals surface area (Å²) in [6.45, 7) is -0.378. The van der Waals surface area contributed by atoms with Crippen LogP contribution >= 0.6 is 11.8 Å². The van der Waals surface area contributed by atoms with Gasteiger partial charge in [-0.3, -0.25) is 0 Å². The van der Waals surface area contributed by atoms with Gasteiger partial charge >= 0.3 is 5.97 Å². The molecule has 0 radical (unpaired) electrons. The summed E-state index contributed by atoms with van der Waals surface area (Å²) >= 11 is 1.55. The van der Waals surface area contributed by atoms with Crippen LogP contribution in [0.5, 0.6) is 5.75 Å². The van der Waals surface area contributed by atoms with E-state index in [1.54, 1.807) is 54.2 Å². The third kappa shape index (κ3) is 4.98. The molecular formula is C16H17NO5S2. The van der Waals surface area contributed by atoms with E-state index in [0.29, 0.717) is 5.75 Å². The molecule has 1 atom stereocenters. The maximum atomic E-state index is 12.1. The van der Waals surface area contributed by atoms with Crippen molar-refractivity contribution >= 4 is 27.8 Å². The summed E-state index contributed by atoms with van der Waals surface area (Å²) in [5.74, 6) is -0.890. The van der Waals surface area contributed by atoms with E-state index in [9.17, 15) is 18.3 Å². The maximum absolute atomic E-state index is 12.1. The van der Waals surface area contributed by atoms with Crippen molar-refractivity contribution in [2.45, 2.75) is 15.9 Å². The van der Waals surface area contributed by atoms with Crippen LogP contribution in [-0.4, -0.2) is 38.4 Å². The van der Waals surface area contributed by atoms with Crippen LogP contribution in [0.3, 0.4) is 0 Å². The second-order valence-electron chi connectivity index (χ2n) is 4.79. The van der Waals surface area contributed by atoms with E-state index < -0.39 is 22.1 Å². The van der Waals surface area contributed by atoms with Crippen LogP contribution in [0.2, 0.25) is 0 Å². The van der Waals surface area contributed by atoms with Gasteiger partial charge < -0.3 is 9.84 Å². The minimum Gasteiger partial charge on any atom is -0.478 e. The van der Waals surface area contributed by atoms with Gasteiger partial charge in [-0.1, -0.05) is 18.2 Å². The Morgan fingerprint density at radius 1 is 1.17 bits per heavy atom. The van der Waals surface area contributed by atoms with Crippen LogP contribution < -0.4 is 9.46 Å². The lowest BCUT2D eigenvalue weighted by Crippen LogP contribution is -2.40. The van der Waals surface area contributed by atoms with E-state index in [4.69, 9.17) is 4.74 Å². The highest BCUT2D eigenvalue weighted by Crippen LogP contribution is 2.20. The van der Waals surface area contributed by atoms with Gasteiger partial charge in [-0.2, -0.15) is 0 Å². The standard InChI is InChI=1S/C16H17NO5S2/c1-23-13-9-7-12(8-10-13)22-15(16(18)19)11-17-24(20,21)14-5-3-2-4-6-14/h2-10,15,17H,11H2,1H3,(H,18,19). The van der Waals surface area contributed by atoms with E-state index >= 15 is 0 Å². The average Bonchev–Trinajstić information content (AvgIpc) is 2.59. The van der Waals surface area contributed by atoms with Crippen molar-refractivity contribution < 1.29 is 23.1 Å². The Hall–Kier alpha value is -2.03. The fourth-order valence-electron chi connectivity index (χ4n) is 1.87. The van der Waals surface area contributed by atoms with Crippen LogP contribution in [-0.2, 0) is 14.8 Å². The topological polar surface area (TPSA) is 92.7 Å². The van der Waals surface area contributed by atoms with Gasteiger partial charge in [-0.15, -0.1) is 11.8 Å². The molecule has 0 heterocycles. The van der Waals surface area contributed by atoms with E-state index in [2.05, 4.69) is 4.72 Å². The number of thioether (sulfide) groups is 1. The molecule has 128 valence electrons. The van der Waals surface area contributed by atoms with Gasteiger partial charge in [0.05, 0.1) is 11.4 Å². The zero-order valence-corrected chi connectivity index (χ0v) is 14.5. The molecule has 0 aliphatic rings. The molecule has 6 nitrogen and oxygen atoms in total. The van der Waals surface area contributed by atoms with Crippen molar-refractivity contribution in [2.75, 3.05) is 12.8 Å². The van der Waals surface area contributed by atoms with Crippen LogP contribution in [0.15, 0.2) is 64.4 Å². The Morgan fingerprint density at radius 3 is 2.33 bits per heavy atom. The Balaban J connectivity index is 2.04. The summed E-state index contributed by atoms with van der Waals surface area (Å²) in [6, 6.07) is 14.6. The van der Waals surface area contributed by atoms with Crippen molar-refractivity contribution in [3.63, 3.8) is 0 Å². The molecule has 8 heteroatoms. The smallest absolute Gasteiger partial charge is 0.346 e. The third-order valence-electron chi connectivity index (χ3n) is 3.13. The fourth-order valence-corrected chi connectivity index (χ4v) is 3.33. The normalized spacial score (nSPS) is 12.5. The second kappa shape index (κ2) is 8.18. The predicted octanol–water partition coefficient (Wildman–Crippen LogP) is 2.22. The van der Waals surface area contributed by atoms with Gasteiger partial charge in [0.25, 0.3) is 0 Å². The highest BCUT2D eigenvalue weighted by molar-refractivity contribution is 7.98. The first kappa shape index (κ1) is 18.3. The first-order valence-electron chi connectivity index (χ1n) is 7.00. The molecular weight excluding hydrogens is 350 g/mol. The molecule has 2 N–H and O–H groups in total. The van der Waals surface area contributed by atoms with Crippen LogP contribution in [0.4, 0.5) is 0 Å². The number of carboxylic acids is 1. The molecule has 0 saturated heterocycles. The molecule has 24 heavy (non-hydrogen) atoms. The van der Waals surface area contributed by atoms with Crippen molar-refractivity contribution in [1.29, 1.82) is 0 Å². The average molecular weight is 367 g/mol. The lowest BCUT2D eigenvalue weighted by molar-refractivity contribution is -0.144. The Labute approximate surface area is 144 Å². The number of carbonyl (C=O) groups is 1. The number of aliphatic carboxylic acids is 1. The Morgan fingerprint density at radius 2 is 1.79 bits per heavy atom. The molecule has 2 rings (SSSR count). The zero-order chi connectivity index (χ0) is 17.6. The molecule has 0 aliphatic carbocycles. The zero-order valence-electron chi connectivity index (χ0n) is 12.9. The predicted molar refractivity (Wildman–Crippen MR) is 91.9 cm³/mol. The monoisotopic (exact) mass is 367 g/mol. The summed E-state index contributed by atoms with van der Waals surface area (Å²) in [5.41, 5.74) is 0. The van der Waals surface area contributed by atoms with Crippen molar-refractivity contribution in [3.05, 3.63) is 54.6 Å². The summed E-state index contributed by atoms with van der Waals surface area (Å²) in [7, 11) is -3.79. The number of benzene rings is 2. The van der Waals surface area contributed by atoms with Gasteiger partial charge in [-0.05, 0) is 42.7 Å². The van der Waals surface area contributed by atoms with Gasteiger partial charge in [0.1, 0.15) is 5.75 Å². The van der Waals surface area contributed by atoms with Crippen molar-refractivity contribution in [2.24, 2.45) is 0 Å². The lowest BCUT2D eigenvalue weighted by atomic mass is 10.3. The summed E-state index contributed by atoms with van der Waals surface area (Å²) in [4.78, 5) is 12.4. The molecule has 2 aromatic rings. The summed E-state index contributed by atoms with van der Waals surface area (Å²) < 4.78 is 31.9. The minimum absolute atomic E-state index is 0.0680. The fraction of sp³-hybridized carbons (Fsp3) is 0.188. The largest absolute Gasteiger partial charge is 0.478 e. The number of rotatable bonds is 8. The molecule has 0 saturated carbocycles. The molecule has 0 bridgehead atoms. The number of ether oxygens (including phenoxy) is 1. The molecule has 0 spiro atoms. The minimum atomic E-state index is -3.79. The van der Waals surface area contributed by atoms with Gasteiger partial charge in [-0.25, -0.2) is 17.9 Å². The number of nitrogens with one attached hydrogen (secondary N) is 1. The first-order valence-corrected chi connectivity index (χ1v) is 9.71. The second-order valence-corrected chi connectivity index (χ2v) is 7.43. The number of hydrogen-bond donors (Lipinski definition) is 2. The van der Waals surface area contributed by atoms with E-state index in [1.165, 1.54) is 12.1 Å². The number of hydrogen-bond acceptors (Lipinski definition) is 5. The van der Waals surface area contributed by atoms with Gasteiger partial charge in [0.2, 0.25) is 16.1 Å². The quantitative estimate of drug-likeness (QED) is 0.695. The van der Waals surface area contributed by atoms with Gasteiger partial charge in [0, 0.05) is 4.90 Å². The first-order chi connectivity index (χ1) is 11.4. The van der Waals surface area contributed by atoms with E-state index in [-0.39, 0.29) is 11.4 Å². The molecule has 1 unspecified atom stereocenters. The Kier molecular flexibility index (Phi) is 6.24. The molecule has 2 aromatic carbocycles. The van der Waals surface area contributed by atoms with Crippen LogP contribution in [0.1, 0.15) is 0 Å². The maximum Gasteiger partial charge on any atom is 0.346 e. The third-order valence-corrected chi connectivity index (χ3v) is 5.31. The number of carboxylic acid groups (broad SMARTS) is 1. The highest BCUT2D eigenvalue weighted by Gasteiger charge is 2.23. The van der Waals surface area contributed by atoms with E-state index in [1.807, 2.05) is 6.26 Å².